The Morgan fingerprint density at radius 3 is 2.22 bits per heavy atom. The van der Waals surface area contributed by atoms with E-state index in [0.29, 0.717) is 17.4 Å². The van der Waals surface area contributed by atoms with Gasteiger partial charge >= 0.3 is 6.36 Å². The summed E-state index contributed by atoms with van der Waals surface area (Å²) < 4.78 is 53.6. The highest BCUT2D eigenvalue weighted by molar-refractivity contribution is 5.61. The zero-order chi connectivity index (χ0) is 26.0. The molecule has 1 N–H and O–H groups in total. The second kappa shape index (κ2) is 9.53. The van der Waals surface area contributed by atoms with Crippen LogP contribution in [0.15, 0.2) is 91.1 Å². The molecule has 2 heterocycles. The lowest BCUT2D eigenvalue weighted by atomic mass is 9.93. The van der Waals surface area contributed by atoms with Crippen LogP contribution in [0.1, 0.15) is 12.5 Å². The molecule has 7 nitrogen and oxygen atoms in total. The second-order valence-corrected chi connectivity index (χ2v) is 8.70. The predicted octanol–water partition coefficient (Wildman–Crippen LogP) is 6.13. The normalized spacial score (nSPS) is 16.8. The van der Waals surface area contributed by atoms with Gasteiger partial charge in [0.25, 0.3) is 0 Å². The van der Waals surface area contributed by atoms with Crippen LogP contribution in [0.25, 0.3) is 17.1 Å². The minimum atomic E-state index is -4.73. The molecular weight excluding hydrogens is 485 g/mol. The molecule has 1 atom stereocenters. The molecule has 0 aliphatic carbocycles. The van der Waals surface area contributed by atoms with Gasteiger partial charge in [0.15, 0.2) is 11.7 Å². The average molecular weight is 509 g/mol. The van der Waals surface area contributed by atoms with E-state index in [9.17, 15) is 13.2 Å². The number of aromatic nitrogens is 3. The first-order valence-corrected chi connectivity index (χ1v) is 11.4. The van der Waals surface area contributed by atoms with Gasteiger partial charge in [-0.25, -0.2) is 9.67 Å². The van der Waals surface area contributed by atoms with Crippen molar-refractivity contribution in [1.29, 1.82) is 0 Å². The van der Waals surface area contributed by atoms with E-state index in [1.165, 1.54) is 35.3 Å². The van der Waals surface area contributed by atoms with E-state index >= 15 is 0 Å². The van der Waals surface area contributed by atoms with Crippen LogP contribution in [-0.2, 0) is 11.2 Å². The van der Waals surface area contributed by atoms with E-state index in [1.807, 2.05) is 55.5 Å². The maximum atomic E-state index is 12.3. The molecule has 0 saturated carbocycles. The predicted molar refractivity (Wildman–Crippen MR) is 131 cm³/mol. The summed E-state index contributed by atoms with van der Waals surface area (Å²) in [7, 11) is 1.64. The molecular formula is C27H23F3N4O3. The molecule has 1 aliphatic heterocycles. The molecule has 0 amide bonds. The highest BCUT2D eigenvalue weighted by atomic mass is 19.4. The fourth-order valence-electron chi connectivity index (χ4n) is 3.99. The van der Waals surface area contributed by atoms with Crippen LogP contribution in [0.4, 0.5) is 18.9 Å². The van der Waals surface area contributed by atoms with Crippen molar-refractivity contribution >= 4 is 5.69 Å². The Balaban J connectivity index is 1.19. The summed E-state index contributed by atoms with van der Waals surface area (Å²) in [4.78, 5) is 4.31. The third-order valence-corrected chi connectivity index (χ3v) is 5.73. The summed E-state index contributed by atoms with van der Waals surface area (Å²) in [5.74, 6) is 1.68. The zero-order valence-electron chi connectivity index (χ0n) is 20.0. The molecule has 0 radical (unpaired) electrons. The van der Waals surface area contributed by atoms with Crippen molar-refractivity contribution in [3.63, 3.8) is 0 Å². The van der Waals surface area contributed by atoms with Gasteiger partial charge in [0.2, 0.25) is 0 Å². The van der Waals surface area contributed by atoms with Gasteiger partial charge in [0.1, 0.15) is 23.4 Å². The molecule has 37 heavy (non-hydrogen) atoms. The van der Waals surface area contributed by atoms with Crippen LogP contribution in [0.2, 0.25) is 0 Å². The van der Waals surface area contributed by atoms with E-state index in [2.05, 4.69) is 26.2 Å². The molecule has 1 aliphatic rings. The van der Waals surface area contributed by atoms with Gasteiger partial charge < -0.3 is 19.5 Å². The first kappa shape index (κ1) is 24.2. The van der Waals surface area contributed by atoms with Crippen molar-refractivity contribution in [1.82, 2.24) is 14.8 Å². The Morgan fingerprint density at radius 1 is 0.946 bits per heavy atom. The topological polar surface area (TPSA) is 70.4 Å². The fraction of sp³-hybridized carbons (Fsp3) is 0.185. The summed E-state index contributed by atoms with van der Waals surface area (Å²) in [6.45, 7) is 2.03. The number of hydrogen-bond acceptors (Lipinski definition) is 6. The van der Waals surface area contributed by atoms with E-state index in [4.69, 9.17) is 9.47 Å². The lowest BCUT2D eigenvalue weighted by molar-refractivity contribution is -0.274. The lowest BCUT2D eigenvalue weighted by Crippen LogP contribution is -2.39. The number of alkyl halides is 3. The van der Waals surface area contributed by atoms with Gasteiger partial charge in [-0.3, -0.25) is 0 Å². The molecule has 5 rings (SSSR count). The summed E-state index contributed by atoms with van der Waals surface area (Å²) >= 11 is 0. The van der Waals surface area contributed by atoms with Gasteiger partial charge in [-0.15, -0.1) is 18.3 Å². The molecule has 0 bridgehead atoms. The van der Waals surface area contributed by atoms with Crippen molar-refractivity contribution in [3.05, 3.63) is 96.6 Å². The van der Waals surface area contributed by atoms with E-state index < -0.39 is 6.36 Å². The van der Waals surface area contributed by atoms with Crippen molar-refractivity contribution in [2.45, 2.75) is 25.3 Å². The number of benzene rings is 3. The number of anilines is 1. The molecule has 1 unspecified atom stereocenters. The Labute approximate surface area is 211 Å². The van der Waals surface area contributed by atoms with Gasteiger partial charge in [-0.2, -0.15) is 0 Å². The average Bonchev–Trinajstić information content (AvgIpc) is 3.34. The highest BCUT2D eigenvalue weighted by Crippen LogP contribution is 2.33. The minimum Gasteiger partial charge on any atom is -0.497 e. The summed E-state index contributed by atoms with van der Waals surface area (Å²) in [6.07, 6.45) is -0.439. The molecule has 0 fully saturated rings. The maximum Gasteiger partial charge on any atom is 0.573 e. The Morgan fingerprint density at radius 2 is 1.59 bits per heavy atom. The Kier molecular flexibility index (Phi) is 6.24. The van der Waals surface area contributed by atoms with Gasteiger partial charge in [-0.1, -0.05) is 12.1 Å². The highest BCUT2D eigenvalue weighted by Gasteiger charge is 2.34. The van der Waals surface area contributed by atoms with E-state index in [-0.39, 0.29) is 11.4 Å². The Bertz CT molecular complexity index is 1400. The van der Waals surface area contributed by atoms with Crippen LogP contribution in [0.3, 0.4) is 0 Å². The van der Waals surface area contributed by atoms with Gasteiger partial charge in [0, 0.05) is 23.7 Å². The maximum absolute atomic E-state index is 12.3. The van der Waals surface area contributed by atoms with Crippen LogP contribution < -0.4 is 14.8 Å². The standard InChI is InChI=1S/C27H23F3N4O3/c1-26(15-18-3-11-22(35-2)12-4-18)16-24(37-26)32-20-7-5-19(6-8-20)25-31-17-34(33-25)21-9-13-23(14-10-21)36-27(28,29)30/h3-14,16-17,32H,15H2,1-2H3. The smallest absolute Gasteiger partial charge is 0.497 e. The SMILES string of the molecule is COc1ccc(CC2(C)C=C(Nc3ccc(-c4ncn(-c5ccc(OC(F)(F)F)cc5)n4)cc3)O2)cc1. The van der Waals surface area contributed by atoms with Crippen LogP contribution in [0, 0.1) is 0 Å². The summed E-state index contributed by atoms with van der Waals surface area (Å²) in [5.41, 5.74) is 2.96. The largest absolute Gasteiger partial charge is 0.573 e. The van der Waals surface area contributed by atoms with Gasteiger partial charge in [0.05, 0.1) is 12.8 Å². The first-order chi connectivity index (χ1) is 17.7. The molecule has 3 aromatic carbocycles. The lowest BCUT2D eigenvalue weighted by Gasteiger charge is -2.37. The number of methoxy groups -OCH3 is 1. The number of nitrogens with zero attached hydrogens (tertiary/aromatic N) is 3. The van der Waals surface area contributed by atoms with Crippen LogP contribution in [-0.4, -0.2) is 33.8 Å². The molecule has 1 aromatic heterocycles. The molecule has 190 valence electrons. The van der Waals surface area contributed by atoms with E-state index in [1.54, 1.807) is 7.11 Å². The van der Waals surface area contributed by atoms with Crippen molar-refractivity contribution in [2.24, 2.45) is 0 Å². The first-order valence-electron chi connectivity index (χ1n) is 11.4. The second-order valence-electron chi connectivity index (χ2n) is 8.70. The zero-order valence-corrected chi connectivity index (χ0v) is 20.0. The fourth-order valence-corrected chi connectivity index (χ4v) is 3.99. The van der Waals surface area contributed by atoms with Crippen molar-refractivity contribution in [3.8, 4) is 28.6 Å². The van der Waals surface area contributed by atoms with Gasteiger partial charge in [-0.05, 0) is 73.2 Å². The summed E-state index contributed by atoms with van der Waals surface area (Å²) in [6, 6.07) is 20.8. The van der Waals surface area contributed by atoms with Crippen LogP contribution in [0.5, 0.6) is 11.5 Å². The number of ether oxygens (including phenoxy) is 3. The van der Waals surface area contributed by atoms with Crippen LogP contribution >= 0.6 is 0 Å². The Hall–Kier alpha value is -4.47. The van der Waals surface area contributed by atoms with E-state index in [0.717, 1.165) is 29.0 Å². The quantitative estimate of drug-likeness (QED) is 0.309. The number of halogens is 3. The summed E-state index contributed by atoms with van der Waals surface area (Å²) in [5, 5.41) is 7.67. The molecule has 10 heteroatoms. The van der Waals surface area contributed by atoms with Crippen molar-refractivity contribution in [2.75, 3.05) is 12.4 Å². The number of rotatable bonds is 8. The van der Waals surface area contributed by atoms with Crippen molar-refractivity contribution < 1.29 is 27.4 Å². The minimum absolute atomic E-state index is 0.300. The third kappa shape index (κ3) is 5.85. The number of hydrogen-bond donors (Lipinski definition) is 1. The third-order valence-electron chi connectivity index (χ3n) is 5.73. The molecule has 0 spiro atoms. The molecule has 4 aromatic rings. The molecule has 0 saturated heterocycles. The number of nitrogens with one attached hydrogen (secondary N) is 1. The monoisotopic (exact) mass is 508 g/mol.